The number of esters is 1. The average molecular weight is 277 g/mol. The lowest BCUT2D eigenvalue weighted by atomic mass is 9.79. The monoisotopic (exact) mass is 277 g/mol. The van der Waals surface area contributed by atoms with E-state index >= 15 is 0 Å². The van der Waals surface area contributed by atoms with Crippen LogP contribution in [0.15, 0.2) is 24.3 Å². The minimum absolute atomic E-state index is 0.0402. The third-order valence-corrected chi connectivity index (χ3v) is 3.95. The molecule has 2 rings (SSSR count). The maximum Gasteiger partial charge on any atom is 0.309 e. The van der Waals surface area contributed by atoms with Crippen molar-refractivity contribution in [3.8, 4) is 5.75 Å². The van der Waals surface area contributed by atoms with Crippen molar-refractivity contribution in [2.24, 2.45) is 5.92 Å². The summed E-state index contributed by atoms with van der Waals surface area (Å²) in [4.78, 5) is 13.9. The molecule has 1 aromatic carbocycles. The van der Waals surface area contributed by atoms with Gasteiger partial charge >= 0.3 is 5.97 Å². The van der Waals surface area contributed by atoms with E-state index < -0.39 is 0 Å². The van der Waals surface area contributed by atoms with E-state index in [9.17, 15) is 4.79 Å². The summed E-state index contributed by atoms with van der Waals surface area (Å²) in [5, 5.41) is 0. The summed E-state index contributed by atoms with van der Waals surface area (Å²) >= 11 is 0. The molecule has 0 amide bonds. The van der Waals surface area contributed by atoms with Crippen molar-refractivity contribution in [2.75, 3.05) is 20.8 Å². The van der Waals surface area contributed by atoms with Gasteiger partial charge < -0.3 is 9.47 Å². The summed E-state index contributed by atoms with van der Waals surface area (Å²) in [6.45, 7) is 3.22. The molecule has 1 saturated carbocycles. The van der Waals surface area contributed by atoms with Gasteiger partial charge in [-0.25, -0.2) is 0 Å². The summed E-state index contributed by atoms with van der Waals surface area (Å²) in [6.07, 6.45) is 1.82. The molecular weight excluding hydrogens is 254 g/mol. The molecule has 0 aliphatic heterocycles. The number of benzene rings is 1. The van der Waals surface area contributed by atoms with Gasteiger partial charge in [0.1, 0.15) is 5.75 Å². The molecule has 0 heterocycles. The molecule has 0 saturated heterocycles. The molecule has 1 aliphatic carbocycles. The number of carbonyl (C=O) groups excluding carboxylic acids is 1. The Labute approximate surface area is 120 Å². The minimum atomic E-state index is -0.0402. The van der Waals surface area contributed by atoms with E-state index in [-0.39, 0.29) is 11.9 Å². The van der Waals surface area contributed by atoms with Crippen LogP contribution in [-0.4, -0.2) is 37.7 Å². The second-order valence-corrected chi connectivity index (χ2v) is 5.34. The van der Waals surface area contributed by atoms with E-state index in [2.05, 4.69) is 24.1 Å². The van der Waals surface area contributed by atoms with Gasteiger partial charge in [-0.3, -0.25) is 9.69 Å². The Morgan fingerprint density at radius 2 is 1.95 bits per heavy atom. The number of hydrogen-bond donors (Lipinski definition) is 0. The predicted molar refractivity (Wildman–Crippen MR) is 77.6 cm³/mol. The SMILES string of the molecule is CCOC(=O)C1CC(N(C)Cc2ccc(OC)cc2)C1. The molecule has 1 fully saturated rings. The fraction of sp³-hybridized carbons (Fsp3) is 0.562. The Bertz CT molecular complexity index is 438. The Balaban J connectivity index is 1.78. The van der Waals surface area contributed by atoms with Crippen LogP contribution in [0.4, 0.5) is 0 Å². The zero-order valence-corrected chi connectivity index (χ0v) is 12.5. The van der Waals surface area contributed by atoms with Crippen molar-refractivity contribution in [3.05, 3.63) is 29.8 Å². The standard InChI is InChI=1S/C16H23NO3/c1-4-20-16(18)13-9-14(10-13)17(2)11-12-5-7-15(19-3)8-6-12/h5-8,13-14H,4,9-11H2,1-3H3. The summed E-state index contributed by atoms with van der Waals surface area (Å²) in [5.74, 6) is 0.933. The van der Waals surface area contributed by atoms with Gasteiger partial charge in [-0.05, 0) is 44.5 Å². The van der Waals surface area contributed by atoms with Crippen molar-refractivity contribution in [1.82, 2.24) is 4.90 Å². The van der Waals surface area contributed by atoms with Gasteiger partial charge in [0.2, 0.25) is 0 Å². The van der Waals surface area contributed by atoms with Crippen LogP contribution in [-0.2, 0) is 16.1 Å². The maximum atomic E-state index is 11.6. The quantitative estimate of drug-likeness (QED) is 0.749. The zero-order valence-electron chi connectivity index (χ0n) is 12.5. The molecule has 110 valence electrons. The van der Waals surface area contributed by atoms with Crippen molar-refractivity contribution in [3.63, 3.8) is 0 Å². The average Bonchev–Trinajstić information content (AvgIpc) is 2.38. The van der Waals surface area contributed by atoms with E-state index in [0.717, 1.165) is 25.1 Å². The smallest absolute Gasteiger partial charge is 0.309 e. The van der Waals surface area contributed by atoms with Crippen LogP contribution in [0.5, 0.6) is 5.75 Å². The van der Waals surface area contributed by atoms with Crippen LogP contribution in [0.3, 0.4) is 0 Å². The van der Waals surface area contributed by atoms with E-state index in [1.807, 2.05) is 19.1 Å². The van der Waals surface area contributed by atoms with Gasteiger partial charge in [0.15, 0.2) is 0 Å². The normalized spacial score (nSPS) is 21.4. The number of ether oxygens (including phenoxy) is 2. The van der Waals surface area contributed by atoms with Crippen LogP contribution < -0.4 is 4.74 Å². The first-order valence-corrected chi connectivity index (χ1v) is 7.13. The molecule has 0 atom stereocenters. The maximum absolute atomic E-state index is 11.6. The minimum Gasteiger partial charge on any atom is -0.497 e. The number of methoxy groups -OCH3 is 1. The van der Waals surface area contributed by atoms with Gasteiger partial charge in [0.25, 0.3) is 0 Å². The first-order valence-electron chi connectivity index (χ1n) is 7.13. The Morgan fingerprint density at radius 3 is 2.50 bits per heavy atom. The first kappa shape index (κ1) is 14.9. The molecule has 20 heavy (non-hydrogen) atoms. The highest BCUT2D eigenvalue weighted by molar-refractivity contribution is 5.73. The van der Waals surface area contributed by atoms with Gasteiger partial charge in [-0.15, -0.1) is 0 Å². The van der Waals surface area contributed by atoms with Crippen LogP contribution >= 0.6 is 0 Å². The summed E-state index contributed by atoms with van der Waals surface area (Å²) in [6, 6.07) is 8.59. The topological polar surface area (TPSA) is 38.8 Å². The van der Waals surface area contributed by atoms with Crippen LogP contribution in [0.25, 0.3) is 0 Å². The highest BCUT2D eigenvalue weighted by Crippen LogP contribution is 2.32. The van der Waals surface area contributed by atoms with Gasteiger partial charge in [-0.1, -0.05) is 12.1 Å². The molecule has 0 aromatic heterocycles. The van der Waals surface area contributed by atoms with Crippen molar-refractivity contribution in [1.29, 1.82) is 0 Å². The van der Waals surface area contributed by atoms with E-state index in [0.29, 0.717) is 12.6 Å². The lowest BCUT2D eigenvalue weighted by Gasteiger charge is -2.39. The summed E-state index contributed by atoms with van der Waals surface area (Å²) in [5.41, 5.74) is 1.26. The second-order valence-electron chi connectivity index (χ2n) is 5.34. The fourth-order valence-corrected chi connectivity index (χ4v) is 2.55. The number of hydrogen-bond acceptors (Lipinski definition) is 4. The van der Waals surface area contributed by atoms with Crippen molar-refractivity contribution < 1.29 is 14.3 Å². The Hall–Kier alpha value is -1.55. The summed E-state index contributed by atoms with van der Waals surface area (Å²) in [7, 11) is 3.78. The predicted octanol–water partition coefficient (Wildman–Crippen LogP) is 2.47. The van der Waals surface area contributed by atoms with Gasteiger partial charge in [0.05, 0.1) is 19.6 Å². The molecule has 0 bridgehead atoms. The van der Waals surface area contributed by atoms with E-state index in [4.69, 9.17) is 9.47 Å². The van der Waals surface area contributed by atoms with Crippen LogP contribution in [0, 0.1) is 5.92 Å². The van der Waals surface area contributed by atoms with Crippen LogP contribution in [0.2, 0.25) is 0 Å². The van der Waals surface area contributed by atoms with E-state index in [1.54, 1.807) is 7.11 Å². The Kier molecular flexibility index (Phi) is 5.01. The second kappa shape index (κ2) is 6.75. The molecule has 1 aliphatic rings. The fourth-order valence-electron chi connectivity index (χ4n) is 2.55. The first-order chi connectivity index (χ1) is 9.63. The lowest BCUT2D eigenvalue weighted by molar-refractivity contribution is -0.153. The number of rotatable bonds is 6. The molecule has 0 N–H and O–H groups in total. The summed E-state index contributed by atoms with van der Waals surface area (Å²) < 4.78 is 10.2. The Morgan fingerprint density at radius 1 is 1.30 bits per heavy atom. The van der Waals surface area contributed by atoms with E-state index in [1.165, 1.54) is 5.56 Å². The van der Waals surface area contributed by atoms with Crippen molar-refractivity contribution >= 4 is 5.97 Å². The molecule has 0 radical (unpaired) electrons. The molecular formula is C16H23NO3. The third kappa shape index (κ3) is 3.51. The van der Waals surface area contributed by atoms with Gasteiger partial charge in [0, 0.05) is 12.6 Å². The van der Waals surface area contributed by atoms with Crippen molar-refractivity contribution in [2.45, 2.75) is 32.4 Å². The number of nitrogens with zero attached hydrogens (tertiary/aromatic N) is 1. The molecule has 0 spiro atoms. The third-order valence-electron chi connectivity index (χ3n) is 3.95. The zero-order chi connectivity index (χ0) is 14.5. The molecule has 4 heteroatoms. The lowest BCUT2D eigenvalue weighted by Crippen LogP contribution is -2.45. The molecule has 0 unspecified atom stereocenters. The van der Waals surface area contributed by atoms with Gasteiger partial charge in [-0.2, -0.15) is 0 Å². The van der Waals surface area contributed by atoms with Crippen LogP contribution in [0.1, 0.15) is 25.3 Å². The molecule has 4 nitrogen and oxygen atoms in total. The number of carbonyl (C=O) groups is 1. The largest absolute Gasteiger partial charge is 0.497 e. The molecule has 1 aromatic rings. The highest BCUT2D eigenvalue weighted by Gasteiger charge is 2.37. The highest BCUT2D eigenvalue weighted by atomic mass is 16.5.